The van der Waals surface area contributed by atoms with Crippen LogP contribution < -0.4 is 0 Å². The van der Waals surface area contributed by atoms with E-state index in [1.54, 1.807) is 18.2 Å². The lowest BCUT2D eigenvalue weighted by atomic mass is 10.2. The number of nitrogens with zero attached hydrogens (tertiary/aromatic N) is 1. The molecule has 0 N–H and O–H groups in total. The van der Waals surface area contributed by atoms with E-state index in [1.165, 1.54) is 13.2 Å². The Morgan fingerprint density at radius 1 is 1.26 bits per heavy atom. The lowest BCUT2D eigenvalue weighted by molar-refractivity contribution is -0.135. The maximum Gasteiger partial charge on any atom is 0.348 e. The minimum Gasteiger partial charge on any atom is -0.465 e. The number of benzene rings is 1. The number of ether oxygens (including phenoxy) is 1. The summed E-state index contributed by atoms with van der Waals surface area (Å²) >= 11 is 0. The summed E-state index contributed by atoms with van der Waals surface area (Å²) in [7, 11) is 1.23. The molecular weight excluding hydrogens is 242 g/mol. The Bertz CT molecular complexity index is 648. The van der Waals surface area contributed by atoms with E-state index in [0.717, 1.165) is 5.56 Å². The number of esters is 1. The Labute approximate surface area is 110 Å². The number of carbonyl (C=O) groups is 1. The fraction of sp³-hybridized carbons (Fsp3) is 0.0667. The number of furan rings is 1. The number of rotatable bonds is 3. The summed E-state index contributed by atoms with van der Waals surface area (Å²) in [4.78, 5) is 11.3. The first-order valence-corrected chi connectivity index (χ1v) is 5.60. The predicted molar refractivity (Wildman–Crippen MR) is 69.8 cm³/mol. The van der Waals surface area contributed by atoms with E-state index in [9.17, 15) is 4.79 Å². The van der Waals surface area contributed by atoms with Gasteiger partial charge >= 0.3 is 5.97 Å². The normalized spacial score (nSPS) is 10.8. The highest BCUT2D eigenvalue weighted by atomic mass is 16.5. The third-order valence-corrected chi connectivity index (χ3v) is 2.50. The predicted octanol–water partition coefficient (Wildman–Crippen LogP) is 3.03. The molecule has 0 radical (unpaired) electrons. The van der Waals surface area contributed by atoms with Gasteiger partial charge in [-0.2, -0.15) is 5.26 Å². The second-order valence-electron chi connectivity index (χ2n) is 3.73. The Kier molecular flexibility index (Phi) is 3.79. The summed E-state index contributed by atoms with van der Waals surface area (Å²) < 4.78 is 10.1. The van der Waals surface area contributed by atoms with Crippen LogP contribution in [0.2, 0.25) is 0 Å². The smallest absolute Gasteiger partial charge is 0.348 e. The first-order valence-electron chi connectivity index (χ1n) is 5.60. The molecule has 4 nitrogen and oxygen atoms in total. The Balaban J connectivity index is 2.30. The van der Waals surface area contributed by atoms with E-state index in [-0.39, 0.29) is 5.57 Å². The van der Waals surface area contributed by atoms with Gasteiger partial charge in [0.1, 0.15) is 23.2 Å². The summed E-state index contributed by atoms with van der Waals surface area (Å²) in [6.45, 7) is 0. The molecule has 0 saturated carbocycles. The minimum atomic E-state index is -0.680. The summed E-state index contributed by atoms with van der Waals surface area (Å²) in [6.07, 6.45) is 1.36. The van der Waals surface area contributed by atoms with Crippen LogP contribution in [-0.4, -0.2) is 13.1 Å². The monoisotopic (exact) mass is 253 g/mol. The van der Waals surface area contributed by atoms with Crippen molar-refractivity contribution in [3.8, 4) is 17.4 Å². The highest BCUT2D eigenvalue weighted by Gasteiger charge is 2.10. The molecule has 0 aliphatic carbocycles. The average molecular weight is 253 g/mol. The molecule has 2 aromatic rings. The molecule has 19 heavy (non-hydrogen) atoms. The van der Waals surface area contributed by atoms with Crippen molar-refractivity contribution in [3.05, 3.63) is 53.8 Å². The largest absolute Gasteiger partial charge is 0.465 e. The summed E-state index contributed by atoms with van der Waals surface area (Å²) in [5.74, 6) is 0.426. The van der Waals surface area contributed by atoms with E-state index in [2.05, 4.69) is 4.74 Å². The quantitative estimate of drug-likeness (QED) is 0.479. The zero-order chi connectivity index (χ0) is 13.7. The van der Waals surface area contributed by atoms with Crippen LogP contribution in [0, 0.1) is 11.3 Å². The van der Waals surface area contributed by atoms with Gasteiger partial charge in [0, 0.05) is 11.6 Å². The van der Waals surface area contributed by atoms with Crippen LogP contribution in [0.15, 0.2) is 52.5 Å². The lowest BCUT2D eigenvalue weighted by Crippen LogP contribution is -2.02. The van der Waals surface area contributed by atoms with Crippen LogP contribution in [0.4, 0.5) is 0 Å². The number of hydrogen-bond donors (Lipinski definition) is 0. The van der Waals surface area contributed by atoms with Crippen molar-refractivity contribution in [1.29, 1.82) is 5.26 Å². The van der Waals surface area contributed by atoms with Gasteiger partial charge in [-0.25, -0.2) is 4.79 Å². The van der Waals surface area contributed by atoms with Crippen molar-refractivity contribution in [2.75, 3.05) is 7.11 Å². The third-order valence-electron chi connectivity index (χ3n) is 2.50. The van der Waals surface area contributed by atoms with Crippen molar-refractivity contribution < 1.29 is 13.9 Å². The molecule has 0 bridgehead atoms. The van der Waals surface area contributed by atoms with Gasteiger partial charge in [0.25, 0.3) is 0 Å². The van der Waals surface area contributed by atoms with Crippen LogP contribution in [0.1, 0.15) is 5.76 Å². The second kappa shape index (κ2) is 5.69. The van der Waals surface area contributed by atoms with Crippen LogP contribution in [0.3, 0.4) is 0 Å². The molecule has 0 aliphatic rings. The summed E-state index contributed by atoms with van der Waals surface area (Å²) in [6, 6.07) is 14.8. The molecule has 0 aliphatic heterocycles. The molecule has 0 amide bonds. The highest BCUT2D eigenvalue weighted by molar-refractivity contribution is 5.97. The number of nitriles is 1. The van der Waals surface area contributed by atoms with Crippen LogP contribution in [0.25, 0.3) is 17.4 Å². The fourth-order valence-electron chi connectivity index (χ4n) is 1.58. The first-order chi connectivity index (χ1) is 9.24. The van der Waals surface area contributed by atoms with Crippen molar-refractivity contribution >= 4 is 12.0 Å². The van der Waals surface area contributed by atoms with E-state index < -0.39 is 5.97 Å². The lowest BCUT2D eigenvalue weighted by Gasteiger charge is -1.96. The van der Waals surface area contributed by atoms with Gasteiger partial charge in [-0.15, -0.1) is 0 Å². The van der Waals surface area contributed by atoms with Crippen LogP contribution in [0.5, 0.6) is 0 Å². The van der Waals surface area contributed by atoms with E-state index >= 15 is 0 Å². The van der Waals surface area contributed by atoms with Gasteiger partial charge in [-0.1, -0.05) is 30.3 Å². The van der Waals surface area contributed by atoms with Crippen molar-refractivity contribution in [3.63, 3.8) is 0 Å². The Morgan fingerprint density at radius 2 is 2.00 bits per heavy atom. The standard InChI is InChI=1S/C15H11NO3/c1-18-15(17)12(10-16)9-13-7-8-14(19-13)11-5-3-2-4-6-11/h2-9H,1H3. The van der Waals surface area contributed by atoms with Crippen molar-refractivity contribution in [2.24, 2.45) is 0 Å². The molecule has 4 heteroatoms. The van der Waals surface area contributed by atoms with Gasteiger partial charge in [0.2, 0.25) is 0 Å². The number of hydrogen-bond acceptors (Lipinski definition) is 4. The highest BCUT2D eigenvalue weighted by Crippen LogP contribution is 2.23. The maximum atomic E-state index is 11.3. The van der Waals surface area contributed by atoms with E-state index in [1.807, 2.05) is 30.3 Å². The Hall–Kier alpha value is -2.80. The molecular formula is C15H11NO3. The molecule has 0 atom stereocenters. The van der Waals surface area contributed by atoms with Crippen molar-refractivity contribution in [1.82, 2.24) is 0 Å². The molecule has 0 spiro atoms. The zero-order valence-corrected chi connectivity index (χ0v) is 10.3. The molecule has 94 valence electrons. The van der Waals surface area contributed by atoms with Gasteiger partial charge in [0.05, 0.1) is 7.11 Å². The number of methoxy groups -OCH3 is 1. The van der Waals surface area contributed by atoms with Gasteiger partial charge in [0.15, 0.2) is 0 Å². The maximum absolute atomic E-state index is 11.3. The molecule has 2 rings (SSSR count). The average Bonchev–Trinajstić information content (AvgIpc) is 2.93. The fourth-order valence-corrected chi connectivity index (χ4v) is 1.58. The van der Waals surface area contributed by atoms with Gasteiger partial charge in [-0.05, 0) is 12.1 Å². The van der Waals surface area contributed by atoms with E-state index in [0.29, 0.717) is 11.5 Å². The summed E-state index contributed by atoms with van der Waals surface area (Å²) in [5.41, 5.74) is 0.829. The molecule has 0 fully saturated rings. The van der Waals surface area contributed by atoms with Crippen LogP contribution in [-0.2, 0) is 9.53 Å². The molecule has 1 aromatic carbocycles. The zero-order valence-electron chi connectivity index (χ0n) is 10.3. The molecule has 1 aromatic heterocycles. The van der Waals surface area contributed by atoms with Gasteiger partial charge in [-0.3, -0.25) is 0 Å². The molecule has 1 heterocycles. The van der Waals surface area contributed by atoms with E-state index in [4.69, 9.17) is 9.68 Å². The minimum absolute atomic E-state index is 0.100. The van der Waals surface area contributed by atoms with Crippen molar-refractivity contribution in [2.45, 2.75) is 0 Å². The molecule has 0 saturated heterocycles. The topological polar surface area (TPSA) is 63.2 Å². The molecule has 0 unspecified atom stereocenters. The third kappa shape index (κ3) is 2.90. The first kappa shape index (κ1) is 12.7. The van der Waals surface area contributed by atoms with Gasteiger partial charge < -0.3 is 9.15 Å². The summed E-state index contributed by atoms with van der Waals surface area (Å²) in [5, 5.41) is 8.85. The Morgan fingerprint density at radius 3 is 2.63 bits per heavy atom. The number of carbonyl (C=O) groups excluding carboxylic acids is 1. The second-order valence-corrected chi connectivity index (χ2v) is 3.73. The van der Waals surface area contributed by atoms with Crippen LogP contribution >= 0.6 is 0 Å². The SMILES string of the molecule is COC(=O)C(C#N)=Cc1ccc(-c2ccccc2)o1.